The molecule has 0 spiro atoms. The van der Waals surface area contributed by atoms with Gasteiger partial charge in [0.1, 0.15) is 6.61 Å². The SMILES string of the molecule is CCCCCCCCCCCCCCCCCCCCCCCCCCCCCCCCCCCCCC(=O)OC(CO)COC(=O)CCCCCCCCCCCCCCCCCCCCCCCCCCCCCCCCC. The lowest BCUT2D eigenvalue weighted by Crippen LogP contribution is -2.28. The van der Waals surface area contributed by atoms with Gasteiger partial charge in [-0.15, -0.1) is 0 Å². The van der Waals surface area contributed by atoms with Gasteiger partial charge in [0, 0.05) is 12.8 Å². The minimum atomic E-state index is -0.766. The van der Waals surface area contributed by atoms with E-state index in [0.717, 1.165) is 32.1 Å². The molecule has 1 unspecified atom stereocenters. The van der Waals surface area contributed by atoms with Gasteiger partial charge >= 0.3 is 11.9 Å². The third-order valence-corrected chi connectivity index (χ3v) is 17.9. The summed E-state index contributed by atoms with van der Waals surface area (Å²) in [6, 6.07) is 0. The zero-order chi connectivity index (χ0) is 57.6. The lowest BCUT2D eigenvalue weighted by atomic mass is 10.0. The van der Waals surface area contributed by atoms with Gasteiger partial charge in [0.25, 0.3) is 0 Å². The van der Waals surface area contributed by atoms with E-state index in [-0.39, 0.29) is 25.2 Å². The number of hydrogen-bond donors (Lipinski definition) is 1. The van der Waals surface area contributed by atoms with Crippen LogP contribution in [0.2, 0.25) is 0 Å². The van der Waals surface area contributed by atoms with Crippen LogP contribution in [-0.4, -0.2) is 36.4 Å². The molecule has 0 aromatic rings. The molecule has 0 saturated carbocycles. The van der Waals surface area contributed by atoms with Crippen molar-refractivity contribution < 1.29 is 24.2 Å². The molecule has 0 heterocycles. The fraction of sp³-hybridized carbons (Fsp3) is 0.973. The van der Waals surface area contributed by atoms with Crippen LogP contribution in [0.5, 0.6) is 0 Å². The second-order valence-corrected chi connectivity index (χ2v) is 26.1. The maximum atomic E-state index is 12.4. The van der Waals surface area contributed by atoms with Gasteiger partial charge < -0.3 is 14.6 Å². The predicted octanol–water partition coefficient (Wildman–Crippen LogP) is 26.0. The Bertz CT molecular complexity index is 1140. The van der Waals surface area contributed by atoms with Crippen molar-refractivity contribution in [2.45, 2.75) is 457 Å². The van der Waals surface area contributed by atoms with Crippen LogP contribution >= 0.6 is 0 Å². The Labute approximate surface area is 503 Å². The molecule has 0 aromatic heterocycles. The molecule has 0 fully saturated rings. The summed E-state index contributed by atoms with van der Waals surface area (Å²) in [6.45, 7) is 4.23. The highest BCUT2D eigenvalue weighted by atomic mass is 16.6. The molecular formula is C75H148O5. The summed E-state index contributed by atoms with van der Waals surface area (Å²) >= 11 is 0. The van der Waals surface area contributed by atoms with Gasteiger partial charge in [-0.25, -0.2) is 0 Å². The molecule has 0 aliphatic carbocycles. The molecule has 0 radical (unpaired) electrons. The highest BCUT2D eigenvalue weighted by Gasteiger charge is 2.16. The molecule has 0 saturated heterocycles. The first-order valence-corrected chi connectivity index (χ1v) is 37.6. The Balaban J connectivity index is 3.34. The second kappa shape index (κ2) is 72.2. The number of carbonyl (C=O) groups is 2. The van der Waals surface area contributed by atoms with Crippen molar-refractivity contribution in [1.29, 1.82) is 0 Å². The molecule has 0 aliphatic rings. The van der Waals surface area contributed by atoms with Crippen molar-refractivity contribution in [3.8, 4) is 0 Å². The third kappa shape index (κ3) is 69.4. The number of aliphatic hydroxyl groups excluding tert-OH is 1. The number of unbranched alkanes of at least 4 members (excludes halogenated alkanes) is 64. The van der Waals surface area contributed by atoms with E-state index in [2.05, 4.69) is 13.8 Å². The van der Waals surface area contributed by atoms with Crippen LogP contribution in [0.25, 0.3) is 0 Å². The van der Waals surface area contributed by atoms with E-state index < -0.39 is 6.10 Å². The predicted molar refractivity (Wildman–Crippen MR) is 353 cm³/mol. The smallest absolute Gasteiger partial charge is 0.306 e. The topological polar surface area (TPSA) is 72.8 Å². The van der Waals surface area contributed by atoms with Crippen molar-refractivity contribution in [2.24, 2.45) is 0 Å². The molecule has 0 aliphatic heterocycles. The molecule has 0 aromatic carbocycles. The van der Waals surface area contributed by atoms with Crippen LogP contribution in [0.4, 0.5) is 0 Å². The normalized spacial score (nSPS) is 12.0. The zero-order valence-electron chi connectivity index (χ0n) is 55.2. The van der Waals surface area contributed by atoms with E-state index in [4.69, 9.17) is 9.47 Å². The Hall–Kier alpha value is -1.10. The molecule has 5 nitrogen and oxygen atoms in total. The quantitative estimate of drug-likeness (QED) is 0.0485. The summed E-state index contributed by atoms with van der Waals surface area (Å²) in [5, 5.41) is 9.71. The van der Waals surface area contributed by atoms with Crippen molar-refractivity contribution in [1.82, 2.24) is 0 Å². The Kier molecular flexibility index (Phi) is 71.2. The van der Waals surface area contributed by atoms with E-state index in [0.29, 0.717) is 12.8 Å². The lowest BCUT2D eigenvalue weighted by Gasteiger charge is -2.15. The number of rotatable bonds is 72. The monoisotopic (exact) mass is 1130 g/mol. The van der Waals surface area contributed by atoms with E-state index in [9.17, 15) is 14.7 Å². The average molecular weight is 1130 g/mol. The highest BCUT2D eigenvalue weighted by molar-refractivity contribution is 5.70. The van der Waals surface area contributed by atoms with Crippen LogP contribution in [-0.2, 0) is 19.1 Å². The number of esters is 2. The van der Waals surface area contributed by atoms with Crippen molar-refractivity contribution in [3.05, 3.63) is 0 Å². The lowest BCUT2D eigenvalue weighted by molar-refractivity contribution is -0.161. The molecular weight excluding hydrogens is 981 g/mol. The van der Waals surface area contributed by atoms with E-state index in [1.54, 1.807) is 0 Å². The molecule has 0 rings (SSSR count). The summed E-state index contributed by atoms with van der Waals surface area (Å²) < 4.78 is 10.8. The summed E-state index contributed by atoms with van der Waals surface area (Å²) in [5.74, 6) is -0.557. The van der Waals surface area contributed by atoms with Gasteiger partial charge in [0.15, 0.2) is 6.10 Å². The fourth-order valence-electron chi connectivity index (χ4n) is 12.3. The first kappa shape index (κ1) is 78.9. The van der Waals surface area contributed by atoms with Gasteiger partial charge in [-0.2, -0.15) is 0 Å². The van der Waals surface area contributed by atoms with Crippen molar-refractivity contribution in [2.75, 3.05) is 13.2 Å². The number of ether oxygens (including phenoxy) is 2. The number of carbonyl (C=O) groups excluding carboxylic acids is 2. The van der Waals surface area contributed by atoms with E-state index in [1.807, 2.05) is 0 Å². The number of aliphatic hydroxyl groups is 1. The van der Waals surface area contributed by atoms with Crippen molar-refractivity contribution >= 4 is 11.9 Å². The standard InChI is InChI=1S/C75H148O5/c1-3-5-7-9-11-13-15-17-19-21-23-25-27-29-31-33-35-36-37-38-40-42-44-46-48-50-52-54-56-58-60-62-64-66-68-70-75(78)80-73(71-76)72-79-74(77)69-67-65-63-61-59-57-55-53-51-49-47-45-43-41-39-34-32-30-28-26-24-22-20-18-16-14-12-10-8-6-4-2/h73,76H,3-72H2,1-2H3. The molecule has 80 heavy (non-hydrogen) atoms. The minimum Gasteiger partial charge on any atom is -0.462 e. The minimum absolute atomic E-state index is 0.0552. The molecule has 5 heteroatoms. The molecule has 1 N–H and O–H groups in total. The summed E-state index contributed by atoms with van der Waals surface area (Å²) in [6.07, 6.45) is 91.8. The fourth-order valence-corrected chi connectivity index (χ4v) is 12.3. The highest BCUT2D eigenvalue weighted by Crippen LogP contribution is 2.20. The average Bonchev–Trinajstić information content (AvgIpc) is 3.46. The van der Waals surface area contributed by atoms with Crippen LogP contribution in [0.3, 0.4) is 0 Å². The van der Waals surface area contributed by atoms with Gasteiger partial charge in [-0.05, 0) is 12.8 Å². The first-order chi connectivity index (χ1) is 39.6. The largest absolute Gasteiger partial charge is 0.462 e. The zero-order valence-corrected chi connectivity index (χ0v) is 55.2. The summed E-state index contributed by atoms with van der Waals surface area (Å²) in [4.78, 5) is 24.7. The summed E-state index contributed by atoms with van der Waals surface area (Å²) in [5.41, 5.74) is 0. The molecule has 478 valence electrons. The molecule has 0 amide bonds. The maximum absolute atomic E-state index is 12.4. The van der Waals surface area contributed by atoms with E-state index >= 15 is 0 Å². The van der Waals surface area contributed by atoms with Crippen LogP contribution in [0.15, 0.2) is 0 Å². The Morgan fingerprint density at radius 2 is 0.388 bits per heavy atom. The van der Waals surface area contributed by atoms with Gasteiger partial charge in [-0.3, -0.25) is 9.59 Å². The second-order valence-electron chi connectivity index (χ2n) is 26.1. The van der Waals surface area contributed by atoms with Crippen LogP contribution < -0.4 is 0 Å². The van der Waals surface area contributed by atoms with Gasteiger partial charge in [0.2, 0.25) is 0 Å². The number of hydrogen-bond acceptors (Lipinski definition) is 5. The van der Waals surface area contributed by atoms with E-state index in [1.165, 1.54) is 392 Å². The molecule has 0 bridgehead atoms. The Morgan fingerprint density at radius 1 is 0.237 bits per heavy atom. The Morgan fingerprint density at radius 3 is 0.550 bits per heavy atom. The van der Waals surface area contributed by atoms with Gasteiger partial charge in [0.05, 0.1) is 6.61 Å². The molecule has 1 atom stereocenters. The van der Waals surface area contributed by atoms with Crippen LogP contribution in [0.1, 0.15) is 450 Å². The maximum Gasteiger partial charge on any atom is 0.306 e. The summed E-state index contributed by atoms with van der Waals surface area (Å²) in [7, 11) is 0. The third-order valence-electron chi connectivity index (χ3n) is 17.9. The van der Waals surface area contributed by atoms with Crippen molar-refractivity contribution in [3.63, 3.8) is 0 Å². The van der Waals surface area contributed by atoms with Gasteiger partial charge in [-0.1, -0.05) is 425 Å². The first-order valence-electron chi connectivity index (χ1n) is 37.6. The van der Waals surface area contributed by atoms with Crippen LogP contribution in [0, 0.1) is 0 Å².